The van der Waals surface area contributed by atoms with Gasteiger partial charge in [0.25, 0.3) is 0 Å². The molecule has 0 atom stereocenters. The third-order valence-electron chi connectivity index (χ3n) is 3.87. The zero-order chi connectivity index (χ0) is 19.2. The van der Waals surface area contributed by atoms with E-state index in [-0.39, 0.29) is 10.4 Å². The Balaban J connectivity index is 2.42. The highest BCUT2D eigenvalue weighted by Gasteiger charge is 2.37. The van der Waals surface area contributed by atoms with Gasteiger partial charge in [-0.2, -0.15) is 0 Å². The smallest absolute Gasteiger partial charge is 0.206 e. The van der Waals surface area contributed by atoms with Gasteiger partial charge in [-0.1, -0.05) is 0 Å². The van der Waals surface area contributed by atoms with Crippen LogP contribution in [0.1, 0.15) is 0 Å². The summed E-state index contributed by atoms with van der Waals surface area (Å²) >= 11 is 0. The molecule has 0 bridgehead atoms. The second-order valence-corrected chi connectivity index (χ2v) is 14.6. The Bertz CT molecular complexity index is 709. The maximum atomic E-state index is 13.5. The van der Waals surface area contributed by atoms with E-state index < -0.39 is 51.5 Å². The maximum Gasteiger partial charge on any atom is 0.206 e. The van der Waals surface area contributed by atoms with Crippen LogP contribution in [0.25, 0.3) is 0 Å². The van der Waals surface area contributed by atoms with Crippen molar-refractivity contribution < 1.29 is 30.5 Å². The lowest BCUT2D eigenvalue weighted by atomic mass is 10.3. The van der Waals surface area contributed by atoms with Gasteiger partial charge >= 0.3 is 0 Å². The largest absolute Gasteiger partial charge is 0.449 e. The molecule has 2 aromatic rings. The standard InChI is InChI=1S/C16H16F6OSi2/c1-24(2,9-5-11(17)15(21)12(18)6-9)23-25(3,4)10-7-13(19)16(22)14(20)8-10/h5-8H,1-4H3. The molecule has 0 aliphatic rings. The Morgan fingerprint density at radius 3 is 1.04 bits per heavy atom. The fourth-order valence-electron chi connectivity index (χ4n) is 2.56. The van der Waals surface area contributed by atoms with E-state index in [0.29, 0.717) is 0 Å². The topological polar surface area (TPSA) is 9.23 Å². The van der Waals surface area contributed by atoms with Crippen molar-refractivity contribution in [3.8, 4) is 0 Å². The predicted molar refractivity (Wildman–Crippen MR) is 87.9 cm³/mol. The SMILES string of the molecule is C[Si](C)(O[Si](C)(C)c1cc(F)c(F)c(F)c1)c1cc(F)c(F)c(F)c1. The summed E-state index contributed by atoms with van der Waals surface area (Å²) in [6.45, 7) is 6.52. The monoisotopic (exact) mass is 394 g/mol. The third kappa shape index (κ3) is 3.98. The minimum Gasteiger partial charge on any atom is -0.449 e. The molecular formula is C16H16F6OSi2. The molecular weight excluding hydrogens is 378 g/mol. The summed E-state index contributed by atoms with van der Waals surface area (Å²) in [6.07, 6.45) is 0. The van der Waals surface area contributed by atoms with E-state index in [1.807, 2.05) is 0 Å². The van der Waals surface area contributed by atoms with Gasteiger partial charge in [0.1, 0.15) is 0 Å². The predicted octanol–water partition coefficient (Wildman–Crippen LogP) is 4.06. The third-order valence-corrected chi connectivity index (χ3v) is 11.3. The van der Waals surface area contributed by atoms with Crippen LogP contribution in [0.2, 0.25) is 26.2 Å². The molecule has 0 aliphatic carbocycles. The summed E-state index contributed by atoms with van der Waals surface area (Å²) in [5.41, 5.74) is 0. The lowest BCUT2D eigenvalue weighted by Gasteiger charge is -2.34. The summed E-state index contributed by atoms with van der Waals surface area (Å²) in [6, 6.07) is 3.45. The first-order valence-electron chi connectivity index (χ1n) is 7.35. The van der Waals surface area contributed by atoms with Gasteiger partial charge in [-0.25, -0.2) is 26.3 Å². The number of hydrogen-bond donors (Lipinski definition) is 0. The van der Waals surface area contributed by atoms with Crippen molar-refractivity contribution >= 4 is 27.0 Å². The van der Waals surface area contributed by atoms with E-state index >= 15 is 0 Å². The fourth-order valence-corrected chi connectivity index (χ4v) is 10.5. The van der Waals surface area contributed by atoms with Crippen molar-refractivity contribution in [3.05, 3.63) is 59.2 Å². The summed E-state index contributed by atoms with van der Waals surface area (Å²) in [7, 11) is -5.91. The molecule has 0 radical (unpaired) electrons. The molecule has 0 saturated carbocycles. The molecule has 25 heavy (non-hydrogen) atoms. The van der Waals surface area contributed by atoms with Crippen LogP contribution in [0, 0.1) is 34.9 Å². The Hall–Kier alpha value is -1.59. The van der Waals surface area contributed by atoms with Crippen LogP contribution < -0.4 is 10.4 Å². The molecule has 0 aromatic heterocycles. The Morgan fingerprint density at radius 2 is 0.800 bits per heavy atom. The maximum absolute atomic E-state index is 13.5. The van der Waals surface area contributed by atoms with Crippen LogP contribution in [0.5, 0.6) is 0 Å². The average molecular weight is 394 g/mol. The first-order chi connectivity index (χ1) is 11.3. The molecule has 0 aliphatic heterocycles. The summed E-state index contributed by atoms with van der Waals surface area (Å²) in [4.78, 5) is 0. The van der Waals surface area contributed by atoms with Gasteiger partial charge < -0.3 is 4.12 Å². The highest BCUT2D eigenvalue weighted by Crippen LogP contribution is 2.19. The second-order valence-electron chi connectivity index (χ2n) is 6.63. The van der Waals surface area contributed by atoms with Gasteiger partial charge in [0.05, 0.1) is 0 Å². The van der Waals surface area contributed by atoms with Gasteiger partial charge in [-0.15, -0.1) is 0 Å². The number of hydrogen-bond acceptors (Lipinski definition) is 1. The van der Waals surface area contributed by atoms with Gasteiger partial charge in [0.2, 0.25) is 16.6 Å². The van der Waals surface area contributed by atoms with E-state index in [9.17, 15) is 26.3 Å². The molecule has 0 saturated heterocycles. The Labute approximate surface area is 143 Å². The van der Waals surface area contributed by atoms with Crippen LogP contribution in [0.3, 0.4) is 0 Å². The van der Waals surface area contributed by atoms with Crippen LogP contribution in [-0.2, 0) is 4.12 Å². The fraction of sp³-hybridized carbons (Fsp3) is 0.250. The first kappa shape index (κ1) is 19.7. The lowest BCUT2D eigenvalue weighted by Crippen LogP contribution is -2.58. The van der Waals surface area contributed by atoms with Gasteiger partial charge in [-0.3, -0.25) is 0 Å². The molecule has 2 aromatic carbocycles. The minimum absolute atomic E-state index is 0.160. The van der Waals surface area contributed by atoms with Crippen LogP contribution in [0.15, 0.2) is 24.3 Å². The normalized spacial score (nSPS) is 12.6. The van der Waals surface area contributed by atoms with E-state index in [2.05, 4.69) is 0 Å². The Morgan fingerprint density at radius 1 is 0.560 bits per heavy atom. The van der Waals surface area contributed by atoms with Gasteiger partial charge in [-0.05, 0) is 60.8 Å². The summed E-state index contributed by atoms with van der Waals surface area (Å²) < 4.78 is 86.3. The molecule has 0 fully saturated rings. The molecule has 0 N–H and O–H groups in total. The zero-order valence-electron chi connectivity index (χ0n) is 14.0. The van der Waals surface area contributed by atoms with Crippen molar-refractivity contribution in [2.75, 3.05) is 0 Å². The van der Waals surface area contributed by atoms with Crippen molar-refractivity contribution in [1.82, 2.24) is 0 Å². The van der Waals surface area contributed by atoms with E-state index in [1.54, 1.807) is 26.2 Å². The molecule has 0 unspecified atom stereocenters. The molecule has 9 heteroatoms. The van der Waals surface area contributed by atoms with Crippen LogP contribution >= 0.6 is 0 Å². The van der Waals surface area contributed by atoms with E-state index in [0.717, 1.165) is 24.3 Å². The van der Waals surface area contributed by atoms with Gasteiger partial charge in [0, 0.05) is 0 Å². The van der Waals surface area contributed by atoms with Crippen LogP contribution in [-0.4, -0.2) is 16.6 Å². The zero-order valence-corrected chi connectivity index (χ0v) is 16.0. The van der Waals surface area contributed by atoms with E-state index in [1.165, 1.54) is 0 Å². The summed E-state index contributed by atoms with van der Waals surface area (Å²) in [5.74, 6) is -8.49. The number of rotatable bonds is 4. The highest BCUT2D eigenvalue weighted by atomic mass is 28.4. The van der Waals surface area contributed by atoms with E-state index in [4.69, 9.17) is 4.12 Å². The quantitative estimate of drug-likeness (QED) is 0.432. The second kappa shape index (κ2) is 6.62. The molecule has 136 valence electrons. The molecule has 0 spiro atoms. The first-order valence-corrected chi connectivity index (χ1v) is 13.2. The van der Waals surface area contributed by atoms with Gasteiger partial charge in [0.15, 0.2) is 34.9 Å². The lowest BCUT2D eigenvalue weighted by molar-refractivity contribution is 0.447. The minimum atomic E-state index is -2.96. The van der Waals surface area contributed by atoms with Crippen molar-refractivity contribution in [2.45, 2.75) is 26.2 Å². The molecule has 0 amide bonds. The molecule has 2 rings (SSSR count). The van der Waals surface area contributed by atoms with Crippen molar-refractivity contribution in [1.29, 1.82) is 0 Å². The molecule has 0 heterocycles. The van der Waals surface area contributed by atoms with Crippen LogP contribution in [0.4, 0.5) is 26.3 Å². The molecule has 1 nitrogen and oxygen atoms in total. The van der Waals surface area contributed by atoms with Crippen molar-refractivity contribution in [3.63, 3.8) is 0 Å². The Kier molecular flexibility index (Phi) is 5.22. The number of halogens is 6. The summed E-state index contributed by atoms with van der Waals surface area (Å²) in [5, 5.41) is 0.320. The number of benzene rings is 2. The highest BCUT2D eigenvalue weighted by molar-refractivity contribution is 6.96. The van der Waals surface area contributed by atoms with Crippen molar-refractivity contribution in [2.24, 2.45) is 0 Å². The average Bonchev–Trinajstić information content (AvgIpc) is 2.48.